The highest BCUT2D eigenvalue weighted by atomic mass is 16.5. The number of nitrogens with one attached hydrogen (secondary N) is 1. The Morgan fingerprint density at radius 3 is 2.50 bits per heavy atom. The molecule has 1 atom stereocenters. The van der Waals surface area contributed by atoms with Crippen molar-refractivity contribution in [2.45, 2.75) is 19.4 Å². The maximum Gasteiger partial charge on any atom is 0.161 e. The predicted octanol–water partition coefficient (Wildman–Crippen LogP) is 2.95. The Kier molecular flexibility index (Phi) is 3.94. The Morgan fingerprint density at radius 1 is 1.09 bits per heavy atom. The number of phenolic OH excluding ortho intramolecular Hbond substituents is 1. The highest BCUT2D eigenvalue weighted by molar-refractivity contribution is 5.52. The SMILES string of the molecule is COc1cc2c(cc1OC)[C@@H](c1ccc(O)c(C)c1)CNC2. The second-order valence-electron chi connectivity index (χ2n) is 5.64. The van der Waals surface area contributed by atoms with Crippen molar-refractivity contribution in [2.24, 2.45) is 0 Å². The first-order chi connectivity index (χ1) is 10.6. The topological polar surface area (TPSA) is 50.7 Å². The van der Waals surface area contributed by atoms with Gasteiger partial charge in [0.2, 0.25) is 0 Å². The molecule has 0 radical (unpaired) electrons. The Hall–Kier alpha value is -2.20. The summed E-state index contributed by atoms with van der Waals surface area (Å²) in [5.41, 5.74) is 4.56. The second kappa shape index (κ2) is 5.89. The van der Waals surface area contributed by atoms with E-state index < -0.39 is 0 Å². The molecule has 0 spiro atoms. The van der Waals surface area contributed by atoms with Gasteiger partial charge in [-0.15, -0.1) is 0 Å². The Balaban J connectivity index is 2.08. The first kappa shape index (κ1) is 14.7. The number of fused-ring (bicyclic) bond motifs is 1. The van der Waals surface area contributed by atoms with Gasteiger partial charge in [0, 0.05) is 19.0 Å². The summed E-state index contributed by atoms with van der Waals surface area (Å²) in [7, 11) is 3.31. The van der Waals surface area contributed by atoms with Gasteiger partial charge in [0.15, 0.2) is 11.5 Å². The summed E-state index contributed by atoms with van der Waals surface area (Å²) >= 11 is 0. The molecule has 3 rings (SSSR count). The van der Waals surface area contributed by atoms with Crippen molar-refractivity contribution in [3.63, 3.8) is 0 Å². The van der Waals surface area contributed by atoms with Crippen molar-refractivity contribution in [1.29, 1.82) is 0 Å². The van der Waals surface area contributed by atoms with Gasteiger partial charge >= 0.3 is 0 Å². The molecule has 1 aliphatic heterocycles. The van der Waals surface area contributed by atoms with Crippen LogP contribution in [0.1, 0.15) is 28.2 Å². The van der Waals surface area contributed by atoms with Crippen LogP contribution in [0.5, 0.6) is 17.2 Å². The van der Waals surface area contributed by atoms with E-state index >= 15 is 0 Å². The van der Waals surface area contributed by atoms with E-state index in [9.17, 15) is 5.11 Å². The molecule has 4 heteroatoms. The lowest BCUT2D eigenvalue weighted by molar-refractivity contribution is 0.353. The molecule has 4 nitrogen and oxygen atoms in total. The van der Waals surface area contributed by atoms with E-state index in [4.69, 9.17) is 9.47 Å². The maximum atomic E-state index is 9.74. The summed E-state index contributed by atoms with van der Waals surface area (Å²) in [5.74, 6) is 2.08. The van der Waals surface area contributed by atoms with Crippen LogP contribution in [0.15, 0.2) is 30.3 Å². The molecule has 0 saturated heterocycles. The van der Waals surface area contributed by atoms with Crippen molar-refractivity contribution < 1.29 is 14.6 Å². The molecule has 2 N–H and O–H groups in total. The van der Waals surface area contributed by atoms with E-state index in [0.717, 1.165) is 30.2 Å². The standard InChI is InChI=1S/C18H21NO3/c1-11-6-12(4-5-16(11)20)15-10-19-9-13-7-17(21-2)18(22-3)8-14(13)15/h4-8,15,19-20H,9-10H2,1-3H3/t15-/m1/s1. The molecule has 0 unspecified atom stereocenters. The number of benzene rings is 2. The van der Waals surface area contributed by atoms with Crippen LogP contribution in [0, 0.1) is 6.92 Å². The fourth-order valence-corrected chi connectivity index (χ4v) is 3.07. The minimum atomic E-state index is 0.239. The highest BCUT2D eigenvalue weighted by Crippen LogP contribution is 2.38. The minimum absolute atomic E-state index is 0.239. The quantitative estimate of drug-likeness (QED) is 0.915. The van der Waals surface area contributed by atoms with E-state index in [1.807, 2.05) is 25.1 Å². The average molecular weight is 299 g/mol. The zero-order valence-corrected chi connectivity index (χ0v) is 13.1. The van der Waals surface area contributed by atoms with Crippen LogP contribution in [-0.2, 0) is 6.54 Å². The van der Waals surface area contributed by atoms with Crippen LogP contribution < -0.4 is 14.8 Å². The smallest absolute Gasteiger partial charge is 0.161 e. The normalized spacial score (nSPS) is 17.0. The third-order valence-corrected chi connectivity index (χ3v) is 4.31. The molecule has 116 valence electrons. The minimum Gasteiger partial charge on any atom is -0.508 e. The predicted molar refractivity (Wildman–Crippen MR) is 85.9 cm³/mol. The van der Waals surface area contributed by atoms with E-state index in [-0.39, 0.29) is 5.92 Å². The number of phenols is 1. The molecule has 2 aromatic carbocycles. The third kappa shape index (κ3) is 2.50. The van der Waals surface area contributed by atoms with E-state index in [1.165, 1.54) is 16.7 Å². The Labute approximate surface area is 130 Å². The first-order valence-corrected chi connectivity index (χ1v) is 7.39. The van der Waals surface area contributed by atoms with Gasteiger partial charge in [0.25, 0.3) is 0 Å². The average Bonchev–Trinajstić information content (AvgIpc) is 2.55. The van der Waals surface area contributed by atoms with Crippen LogP contribution in [0.2, 0.25) is 0 Å². The fourth-order valence-electron chi connectivity index (χ4n) is 3.07. The molecule has 2 aromatic rings. The molecule has 0 amide bonds. The molecule has 0 saturated carbocycles. The largest absolute Gasteiger partial charge is 0.508 e. The lowest BCUT2D eigenvalue weighted by atomic mass is 9.84. The van der Waals surface area contributed by atoms with Crippen molar-refractivity contribution in [3.05, 3.63) is 52.6 Å². The second-order valence-corrected chi connectivity index (χ2v) is 5.64. The van der Waals surface area contributed by atoms with Crippen LogP contribution in [-0.4, -0.2) is 25.9 Å². The molecule has 1 heterocycles. The van der Waals surface area contributed by atoms with Crippen LogP contribution in [0.3, 0.4) is 0 Å². The summed E-state index contributed by atoms with van der Waals surface area (Å²) in [5, 5.41) is 13.2. The van der Waals surface area contributed by atoms with Gasteiger partial charge < -0.3 is 19.9 Å². The summed E-state index contributed by atoms with van der Waals surface area (Å²) < 4.78 is 10.8. The molecular weight excluding hydrogens is 278 g/mol. The Bertz CT molecular complexity index is 697. The Morgan fingerprint density at radius 2 is 1.82 bits per heavy atom. The number of methoxy groups -OCH3 is 2. The fraction of sp³-hybridized carbons (Fsp3) is 0.333. The van der Waals surface area contributed by atoms with Crippen molar-refractivity contribution in [2.75, 3.05) is 20.8 Å². The number of ether oxygens (including phenoxy) is 2. The van der Waals surface area contributed by atoms with Crippen molar-refractivity contribution in [3.8, 4) is 17.2 Å². The monoisotopic (exact) mass is 299 g/mol. The van der Waals surface area contributed by atoms with Gasteiger partial charge in [-0.3, -0.25) is 0 Å². The summed E-state index contributed by atoms with van der Waals surface area (Å²) in [4.78, 5) is 0. The highest BCUT2D eigenvalue weighted by Gasteiger charge is 2.24. The zero-order chi connectivity index (χ0) is 15.7. The van der Waals surface area contributed by atoms with E-state index in [2.05, 4.69) is 11.4 Å². The molecule has 0 bridgehead atoms. The zero-order valence-electron chi connectivity index (χ0n) is 13.1. The van der Waals surface area contributed by atoms with Crippen molar-refractivity contribution >= 4 is 0 Å². The van der Waals surface area contributed by atoms with Gasteiger partial charge in [-0.1, -0.05) is 12.1 Å². The lowest BCUT2D eigenvalue weighted by Gasteiger charge is -2.28. The van der Waals surface area contributed by atoms with Crippen LogP contribution in [0.25, 0.3) is 0 Å². The lowest BCUT2D eigenvalue weighted by Crippen LogP contribution is -2.29. The summed E-state index contributed by atoms with van der Waals surface area (Å²) in [6, 6.07) is 9.91. The van der Waals surface area contributed by atoms with E-state index in [0.29, 0.717) is 5.75 Å². The maximum absolute atomic E-state index is 9.74. The van der Waals surface area contributed by atoms with Crippen molar-refractivity contribution in [1.82, 2.24) is 5.32 Å². The number of aryl methyl sites for hydroxylation is 1. The number of rotatable bonds is 3. The number of aromatic hydroxyl groups is 1. The molecule has 0 aromatic heterocycles. The summed E-state index contributed by atoms with van der Waals surface area (Å²) in [6.07, 6.45) is 0. The van der Waals surface area contributed by atoms with Gasteiger partial charge in [-0.25, -0.2) is 0 Å². The first-order valence-electron chi connectivity index (χ1n) is 7.39. The summed E-state index contributed by atoms with van der Waals surface area (Å²) in [6.45, 7) is 3.61. The molecule has 1 aliphatic rings. The van der Waals surface area contributed by atoms with E-state index in [1.54, 1.807) is 20.3 Å². The molecule has 0 aliphatic carbocycles. The van der Waals surface area contributed by atoms with Gasteiger partial charge in [0.05, 0.1) is 14.2 Å². The molecule has 22 heavy (non-hydrogen) atoms. The van der Waals surface area contributed by atoms with Gasteiger partial charge in [-0.05, 0) is 47.4 Å². The molecular formula is C18H21NO3. The van der Waals surface area contributed by atoms with Gasteiger partial charge in [-0.2, -0.15) is 0 Å². The number of hydrogen-bond acceptors (Lipinski definition) is 4. The number of hydrogen-bond donors (Lipinski definition) is 2. The van der Waals surface area contributed by atoms with Crippen LogP contribution in [0.4, 0.5) is 0 Å². The molecule has 0 fully saturated rings. The third-order valence-electron chi connectivity index (χ3n) is 4.31. The van der Waals surface area contributed by atoms with Crippen LogP contribution >= 0.6 is 0 Å². The van der Waals surface area contributed by atoms with Gasteiger partial charge in [0.1, 0.15) is 5.75 Å².